The molecule has 0 unspecified atom stereocenters. The van der Waals surface area contributed by atoms with Crippen LogP contribution in [0.5, 0.6) is 0 Å². The topological polar surface area (TPSA) is 84.5 Å². The Morgan fingerprint density at radius 2 is 1.44 bits per heavy atom. The van der Waals surface area contributed by atoms with Crippen molar-refractivity contribution < 1.29 is 19.1 Å². The van der Waals surface area contributed by atoms with Crippen molar-refractivity contribution >= 4 is 29.4 Å². The SMILES string of the molecule is CC[C@H](C)[C@H](NC(=O)CCl)C(=O)N[C@H](C(=O)OC(C)(C)C)[C@@H](C)CC. The molecule has 0 aliphatic rings. The van der Waals surface area contributed by atoms with Crippen LogP contribution in [0.3, 0.4) is 0 Å². The number of ether oxygens (including phenoxy) is 1. The summed E-state index contributed by atoms with van der Waals surface area (Å²) in [6.45, 7) is 13.0. The maximum absolute atomic E-state index is 12.7. The van der Waals surface area contributed by atoms with E-state index in [1.54, 1.807) is 20.8 Å². The Kier molecular flexibility index (Phi) is 10.1. The average molecular weight is 377 g/mol. The van der Waals surface area contributed by atoms with Gasteiger partial charge in [0.05, 0.1) is 0 Å². The van der Waals surface area contributed by atoms with Crippen molar-refractivity contribution in [2.24, 2.45) is 11.8 Å². The minimum absolute atomic E-state index is 0.0941. The largest absolute Gasteiger partial charge is 0.458 e. The molecule has 0 spiro atoms. The highest BCUT2D eigenvalue weighted by Crippen LogP contribution is 2.16. The van der Waals surface area contributed by atoms with Crippen LogP contribution >= 0.6 is 11.6 Å². The standard InChI is InChI=1S/C18H33ClN2O4/c1-8-11(3)14(20-13(22)10-19)16(23)21-15(12(4)9-2)17(24)25-18(5,6)7/h11-12,14-15H,8-10H2,1-7H3,(H,20,22)(H,21,23)/t11-,12-,14-,15-/m0/s1. The number of hydrogen-bond donors (Lipinski definition) is 2. The van der Waals surface area contributed by atoms with Crippen molar-refractivity contribution in [1.82, 2.24) is 10.6 Å². The Morgan fingerprint density at radius 3 is 1.84 bits per heavy atom. The third-order valence-electron chi connectivity index (χ3n) is 4.10. The minimum Gasteiger partial charge on any atom is -0.458 e. The van der Waals surface area contributed by atoms with E-state index in [2.05, 4.69) is 10.6 Å². The third kappa shape index (κ3) is 8.56. The van der Waals surface area contributed by atoms with Crippen molar-refractivity contribution in [3.05, 3.63) is 0 Å². The normalized spacial score (nSPS) is 16.3. The smallest absolute Gasteiger partial charge is 0.329 e. The van der Waals surface area contributed by atoms with Crippen molar-refractivity contribution in [3.63, 3.8) is 0 Å². The highest BCUT2D eigenvalue weighted by Gasteiger charge is 2.34. The summed E-state index contributed by atoms with van der Waals surface area (Å²) in [6.07, 6.45) is 1.40. The van der Waals surface area contributed by atoms with Crippen LogP contribution in [0, 0.1) is 11.8 Å². The maximum atomic E-state index is 12.7. The van der Waals surface area contributed by atoms with Gasteiger partial charge in [-0.3, -0.25) is 9.59 Å². The summed E-state index contributed by atoms with van der Waals surface area (Å²) in [5.41, 5.74) is -0.642. The van der Waals surface area contributed by atoms with Crippen LogP contribution in [0.1, 0.15) is 61.3 Å². The molecule has 146 valence electrons. The van der Waals surface area contributed by atoms with Crippen LogP contribution in [-0.2, 0) is 19.1 Å². The molecule has 0 aromatic carbocycles. The zero-order chi connectivity index (χ0) is 19.8. The first kappa shape index (κ1) is 23.7. The maximum Gasteiger partial charge on any atom is 0.329 e. The summed E-state index contributed by atoms with van der Waals surface area (Å²) >= 11 is 5.53. The van der Waals surface area contributed by atoms with E-state index in [0.717, 1.165) is 0 Å². The van der Waals surface area contributed by atoms with Gasteiger partial charge in [-0.2, -0.15) is 0 Å². The van der Waals surface area contributed by atoms with Gasteiger partial charge in [0.1, 0.15) is 23.6 Å². The van der Waals surface area contributed by atoms with Gasteiger partial charge in [0.2, 0.25) is 11.8 Å². The lowest BCUT2D eigenvalue weighted by molar-refractivity contribution is -0.160. The number of carbonyl (C=O) groups is 3. The molecule has 25 heavy (non-hydrogen) atoms. The first-order valence-corrected chi connectivity index (χ1v) is 9.38. The zero-order valence-electron chi connectivity index (χ0n) is 16.4. The second kappa shape index (κ2) is 10.6. The minimum atomic E-state index is -0.767. The van der Waals surface area contributed by atoms with E-state index < -0.39 is 35.5 Å². The molecule has 2 N–H and O–H groups in total. The summed E-state index contributed by atoms with van der Waals surface area (Å²) in [7, 11) is 0. The predicted molar refractivity (Wildman–Crippen MR) is 99.3 cm³/mol. The molecule has 7 heteroatoms. The van der Waals surface area contributed by atoms with Gasteiger partial charge in [-0.05, 0) is 32.6 Å². The Bertz CT molecular complexity index is 462. The Morgan fingerprint density at radius 1 is 0.960 bits per heavy atom. The van der Waals surface area contributed by atoms with Crippen LogP contribution in [0.25, 0.3) is 0 Å². The van der Waals surface area contributed by atoms with E-state index in [-0.39, 0.29) is 17.7 Å². The molecule has 0 aromatic rings. The van der Waals surface area contributed by atoms with Gasteiger partial charge < -0.3 is 15.4 Å². The molecule has 0 rings (SSSR count). The van der Waals surface area contributed by atoms with E-state index >= 15 is 0 Å². The van der Waals surface area contributed by atoms with E-state index in [0.29, 0.717) is 12.8 Å². The number of alkyl halides is 1. The van der Waals surface area contributed by atoms with Gasteiger partial charge in [-0.25, -0.2) is 4.79 Å². The first-order valence-electron chi connectivity index (χ1n) is 8.85. The summed E-state index contributed by atoms with van der Waals surface area (Å²) in [6, 6.07) is -1.51. The van der Waals surface area contributed by atoms with Gasteiger partial charge in [0, 0.05) is 0 Å². The van der Waals surface area contributed by atoms with Crippen LogP contribution in [-0.4, -0.2) is 41.3 Å². The molecule has 0 aliphatic carbocycles. The van der Waals surface area contributed by atoms with Gasteiger partial charge in [-0.15, -0.1) is 11.6 Å². The number of hydrogen-bond acceptors (Lipinski definition) is 4. The quantitative estimate of drug-likeness (QED) is 0.478. The fourth-order valence-electron chi connectivity index (χ4n) is 2.19. The van der Waals surface area contributed by atoms with Crippen molar-refractivity contribution in [2.45, 2.75) is 79.0 Å². The van der Waals surface area contributed by atoms with Crippen molar-refractivity contribution in [2.75, 3.05) is 5.88 Å². The predicted octanol–water partition coefficient (Wildman–Crippen LogP) is 2.63. The molecule has 0 aromatic heterocycles. The highest BCUT2D eigenvalue weighted by molar-refractivity contribution is 6.27. The monoisotopic (exact) mass is 376 g/mol. The molecule has 0 radical (unpaired) electrons. The molecule has 2 amide bonds. The summed E-state index contributed by atoms with van der Waals surface area (Å²) in [5, 5.41) is 5.40. The van der Waals surface area contributed by atoms with Crippen molar-refractivity contribution in [1.29, 1.82) is 0 Å². The van der Waals surface area contributed by atoms with E-state index in [1.165, 1.54) is 0 Å². The summed E-state index contributed by atoms with van der Waals surface area (Å²) in [5.74, 6) is -1.70. The summed E-state index contributed by atoms with van der Waals surface area (Å²) in [4.78, 5) is 36.8. The third-order valence-corrected chi connectivity index (χ3v) is 4.35. The number of nitrogens with one attached hydrogen (secondary N) is 2. The van der Waals surface area contributed by atoms with Gasteiger partial charge >= 0.3 is 5.97 Å². The highest BCUT2D eigenvalue weighted by atomic mass is 35.5. The molecule has 0 saturated heterocycles. The average Bonchev–Trinajstić information content (AvgIpc) is 2.53. The Labute approximate surface area is 156 Å². The summed E-state index contributed by atoms with van der Waals surface area (Å²) < 4.78 is 5.43. The molecule has 0 saturated carbocycles. The molecule has 0 bridgehead atoms. The second-order valence-corrected chi connectivity index (χ2v) is 7.74. The number of rotatable bonds is 9. The Balaban J connectivity index is 5.31. The lowest BCUT2D eigenvalue weighted by Gasteiger charge is -2.30. The molecule has 4 atom stereocenters. The second-order valence-electron chi connectivity index (χ2n) is 7.47. The lowest BCUT2D eigenvalue weighted by Crippen LogP contribution is -2.56. The van der Waals surface area contributed by atoms with E-state index in [1.807, 2.05) is 27.7 Å². The van der Waals surface area contributed by atoms with E-state index in [9.17, 15) is 14.4 Å². The number of carbonyl (C=O) groups excluding carboxylic acids is 3. The van der Waals surface area contributed by atoms with Crippen LogP contribution in [0.4, 0.5) is 0 Å². The van der Waals surface area contributed by atoms with Gasteiger partial charge in [0.15, 0.2) is 0 Å². The number of amides is 2. The fourth-order valence-corrected chi connectivity index (χ4v) is 2.27. The van der Waals surface area contributed by atoms with Crippen LogP contribution in [0.2, 0.25) is 0 Å². The van der Waals surface area contributed by atoms with Crippen LogP contribution in [0.15, 0.2) is 0 Å². The fraction of sp³-hybridized carbons (Fsp3) is 0.833. The Hall–Kier alpha value is -1.30. The van der Waals surface area contributed by atoms with Gasteiger partial charge in [-0.1, -0.05) is 40.5 Å². The molecular formula is C18H33ClN2O4. The first-order chi connectivity index (χ1) is 11.5. The van der Waals surface area contributed by atoms with E-state index in [4.69, 9.17) is 16.3 Å². The van der Waals surface area contributed by atoms with Gasteiger partial charge in [0.25, 0.3) is 0 Å². The molecule has 0 heterocycles. The lowest BCUT2D eigenvalue weighted by atomic mass is 9.95. The molecular weight excluding hydrogens is 344 g/mol. The number of esters is 1. The number of halogens is 1. The van der Waals surface area contributed by atoms with Crippen molar-refractivity contribution in [3.8, 4) is 0 Å². The van der Waals surface area contributed by atoms with Crippen LogP contribution < -0.4 is 10.6 Å². The molecule has 0 fully saturated rings. The zero-order valence-corrected chi connectivity index (χ0v) is 17.2. The molecule has 6 nitrogen and oxygen atoms in total. The molecule has 0 aliphatic heterocycles.